The van der Waals surface area contributed by atoms with Crippen LogP contribution in [-0.2, 0) is 14.1 Å². The number of fused-ring (bicyclic) bond motifs is 1. The van der Waals surface area contributed by atoms with Crippen LogP contribution in [0.3, 0.4) is 0 Å². The zero-order valence-corrected chi connectivity index (χ0v) is 17.8. The lowest BCUT2D eigenvalue weighted by Crippen LogP contribution is -2.41. The van der Waals surface area contributed by atoms with Crippen LogP contribution in [0.5, 0.6) is 5.75 Å². The lowest BCUT2D eigenvalue weighted by atomic mass is 9.78. The summed E-state index contributed by atoms with van der Waals surface area (Å²) in [7, 11) is -0.397. The van der Waals surface area contributed by atoms with Gasteiger partial charge >= 0.3 is 7.12 Å². The number of nitrogens with one attached hydrogen (secondary N) is 1. The van der Waals surface area contributed by atoms with E-state index in [9.17, 15) is 4.79 Å². The van der Waals surface area contributed by atoms with Gasteiger partial charge in [-0.1, -0.05) is 37.1 Å². The second kappa shape index (κ2) is 7.65. The number of ether oxygens (including phenoxy) is 1. The zero-order chi connectivity index (χ0) is 20.6. The maximum absolute atomic E-state index is 12.1. The largest absolute Gasteiger partial charge is 0.494 e. The van der Waals surface area contributed by atoms with Crippen molar-refractivity contribution in [2.75, 3.05) is 6.61 Å². The first-order valence-electron chi connectivity index (χ1n) is 10.6. The highest BCUT2D eigenvalue weighted by atomic mass is 16.7. The van der Waals surface area contributed by atoms with Gasteiger partial charge in [-0.2, -0.15) is 0 Å². The van der Waals surface area contributed by atoms with Crippen LogP contribution in [0.4, 0.5) is 0 Å². The predicted octanol–water partition coefficient (Wildman–Crippen LogP) is 3.58. The van der Waals surface area contributed by atoms with E-state index >= 15 is 0 Å². The number of hydrogen-bond acceptors (Lipinski definition) is 4. The average Bonchev–Trinajstić information content (AvgIpc) is 3.24. The smallest absolute Gasteiger partial charge is 0.484 e. The Morgan fingerprint density at radius 2 is 1.69 bits per heavy atom. The fourth-order valence-electron chi connectivity index (χ4n) is 3.95. The molecule has 0 atom stereocenters. The van der Waals surface area contributed by atoms with Crippen molar-refractivity contribution in [3.63, 3.8) is 0 Å². The van der Waals surface area contributed by atoms with Gasteiger partial charge in [0, 0.05) is 6.04 Å². The average molecular weight is 395 g/mol. The monoisotopic (exact) mass is 395 g/mol. The van der Waals surface area contributed by atoms with Crippen LogP contribution in [0.1, 0.15) is 53.4 Å². The molecular weight excluding hydrogens is 365 g/mol. The number of carbonyl (C=O) groups is 1. The molecule has 154 valence electrons. The van der Waals surface area contributed by atoms with Crippen LogP contribution in [0, 0.1) is 0 Å². The molecule has 0 radical (unpaired) electrons. The Balaban J connectivity index is 1.45. The van der Waals surface area contributed by atoms with E-state index in [1.807, 2.05) is 24.3 Å². The van der Waals surface area contributed by atoms with Crippen LogP contribution < -0.4 is 15.5 Å². The third kappa shape index (κ3) is 4.29. The van der Waals surface area contributed by atoms with Crippen molar-refractivity contribution in [2.24, 2.45) is 0 Å². The minimum absolute atomic E-state index is 0.0406. The predicted molar refractivity (Wildman–Crippen MR) is 116 cm³/mol. The van der Waals surface area contributed by atoms with Crippen LogP contribution in [-0.4, -0.2) is 36.9 Å². The maximum Gasteiger partial charge on any atom is 0.494 e. The fraction of sp³-hybridized carbons (Fsp3) is 0.522. The van der Waals surface area contributed by atoms with Crippen LogP contribution in [0.25, 0.3) is 10.8 Å². The van der Waals surface area contributed by atoms with E-state index in [0.717, 1.165) is 29.1 Å². The van der Waals surface area contributed by atoms with Crippen molar-refractivity contribution in [2.45, 2.75) is 70.6 Å². The highest BCUT2D eigenvalue weighted by Gasteiger charge is 2.51. The second-order valence-corrected chi connectivity index (χ2v) is 9.19. The molecule has 2 aliphatic rings. The molecule has 5 nitrogen and oxygen atoms in total. The molecule has 0 bridgehead atoms. The van der Waals surface area contributed by atoms with Gasteiger partial charge in [0.2, 0.25) is 0 Å². The van der Waals surface area contributed by atoms with Crippen molar-refractivity contribution in [3.8, 4) is 5.75 Å². The molecule has 0 aromatic heterocycles. The van der Waals surface area contributed by atoms with Gasteiger partial charge < -0.3 is 19.4 Å². The Bertz CT molecular complexity index is 889. The van der Waals surface area contributed by atoms with Gasteiger partial charge in [-0.3, -0.25) is 4.79 Å². The second-order valence-electron chi connectivity index (χ2n) is 9.19. The van der Waals surface area contributed by atoms with Crippen molar-refractivity contribution >= 4 is 29.3 Å². The third-order valence-electron chi connectivity index (χ3n) is 6.45. The first kappa shape index (κ1) is 20.2. The van der Waals surface area contributed by atoms with E-state index in [1.165, 1.54) is 12.8 Å². The lowest BCUT2D eigenvalue weighted by Gasteiger charge is -2.32. The van der Waals surface area contributed by atoms with Gasteiger partial charge in [-0.15, -0.1) is 0 Å². The number of amides is 1. The first-order chi connectivity index (χ1) is 13.7. The third-order valence-corrected chi connectivity index (χ3v) is 6.45. The van der Waals surface area contributed by atoms with Crippen molar-refractivity contribution < 1.29 is 18.8 Å². The summed E-state index contributed by atoms with van der Waals surface area (Å²) in [5, 5.41) is 5.19. The molecule has 0 spiro atoms. The molecule has 1 aliphatic heterocycles. The van der Waals surface area contributed by atoms with Crippen molar-refractivity contribution in [3.05, 3.63) is 36.4 Å². The SMILES string of the molecule is CC1(C)OB(c2ccc3ccc(OCC(=O)NC4CCCC4)cc3c2)OC1(C)C. The van der Waals surface area contributed by atoms with Crippen molar-refractivity contribution in [1.29, 1.82) is 0 Å². The van der Waals surface area contributed by atoms with Gasteiger partial charge in [0.25, 0.3) is 5.91 Å². The molecule has 0 unspecified atom stereocenters. The Morgan fingerprint density at radius 3 is 2.38 bits per heavy atom. The molecule has 6 heteroatoms. The summed E-state index contributed by atoms with van der Waals surface area (Å²) >= 11 is 0. The molecule has 29 heavy (non-hydrogen) atoms. The number of carbonyl (C=O) groups excluding carboxylic acids is 1. The zero-order valence-electron chi connectivity index (χ0n) is 17.8. The highest BCUT2D eigenvalue weighted by Crippen LogP contribution is 2.36. The van der Waals surface area contributed by atoms with Crippen LogP contribution in [0.15, 0.2) is 36.4 Å². The Morgan fingerprint density at radius 1 is 1.03 bits per heavy atom. The normalized spacial score (nSPS) is 20.9. The quantitative estimate of drug-likeness (QED) is 0.787. The summed E-state index contributed by atoms with van der Waals surface area (Å²) < 4.78 is 18.1. The number of hydrogen-bond donors (Lipinski definition) is 1. The molecule has 1 amide bonds. The summed E-state index contributed by atoms with van der Waals surface area (Å²) in [6, 6.07) is 12.4. The Labute approximate surface area is 173 Å². The molecule has 1 N–H and O–H groups in total. The fourth-order valence-corrected chi connectivity index (χ4v) is 3.95. The standard InChI is InChI=1S/C23H30BNO4/c1-22(2)23(3,4)29-24(28-22)18-11-9-16-10-12-20(14-17(16)13-18)27-15-21(26)25-19-7-5-6-8-19/h9-14,19H,5-8,15H2,1-4H3,(H,25,26). The minimum Gasteiger partial charge on any atom is -0.484 e. The highest BCUT2D eigenvalue weighted by molar-refractivity contribution is 6.62. The van der Waals surface area contributed by atoms with Gasteiger partial charge in [-0.25, -0.2) is 0 Å². The van der Waals surface area contributed by atoms with Gasteiger partial charge in [0.15, 0.2) is 6.61 Å². The van der Waals surface area contributed by atoms with E-state index < -0.39 is 7.12 Å². The molecule has 1 saturated heterocycles. The molecule has 2 aromatic carbocycles. The summed E-state index contributed by atoms with van der Waals surface area (Å²) in [6.07, 6.45) is 4.54. The summed E-state index contributed by atoms with van der Waals surface area (Å²) in [5.74, 6) is 0.633. The molecule has 1 heterocycles. The van der Waals surface area contributed by atoms with E-state index in [2.05, 4.69) is 45.1 Å². The van der Waals surface area contributed by atoms with E-state index in [1.54, 1.807) is 0 Å². The summed E-state index contributed by atoms with van der Waals surface area (Å²) in [6.45, 7) is 8.25. The number of benzene rings is 2. The summed E-state index contributed by atoms with van der Waals surface area (Å²) in [4.78, 5) is 12.1. The van der Waals surface area contributed by atoms with Gasteiger partial charge in [0.1, 0.15) is 5.75 Å². The minimum atomic E-state index is -0.397. The van der Waals surface area contributed by atoms with E-state index in [-0.39, 0.29) is 23.7 Å². The van der Waals surface area contributed by atoms with Crippen molar-refractivity contribution in [1.82, 2.24) is 5.32 Å². The topological polar surface area (TPSA) is 56.8 Å². The van der Waals surface area contributed by atoms with Gasteiger partial charge in [0.05, 0.1) is 11.2 Å². The molecule has 4 rings (SSSR count). The molecule has 2 aromatic rings. The lowest BCUT2D eigenvalue weighted by molar-refractivity contribution is -0.123. The van der Waals surface area contributed by atoms with Gasteiger partial charge in [-0.05, 0) is 68.9 Å². The van der Waals surface area contributed by atoms with Crippen LogP contribution >= 0.6 is 0 Å². The molecule has 1 aliphatic carbocycles. The Hall–Kier alpha value is -2.05. The van der Waals surface area contributed by atoms with E-state index in [4.69, 9.17) is 14.0 Å². The Kier molecular flexibility index (Phi) is 5.34. The molecule has 1 saturated carbocycles. The maximum atomic E-state index is 12.1. The first-order valence-corrected chi connectivity index (χ1v) is 10.6. The molecule has 2 fully saturated rings. The number of rotatable bonds is 5. The van der Waals surface area contributed by atoms with Crippen LogP contribution in [0.2, 0.25) is 0 Å². The summed E-state index contributed by atoms with van der Waals surface area (Å²) in [5.41, 5.74) is 0.237. The van der Waals surface area contributed by atoms with E-state index in [0.29, 0.717) is 11.8 Å². The molecular formula is C23H30BNO4.